The van der Waals surface area contributed by atoms with Crippen LogP contribution in [0.2, 0.25) is 0 Å². The second-order valence-electron chi connectivity index (χ2n) is 7.26. The molecule has 1 N–H and O–H groups in total. The third kappa shape index (κ3) is 3.76. The summed E-state index contributed by atoms with van der Waals surface area (Å²) < 4.78 is 15.7. The van der Waals surface area contributed by atoms with Crippen LogP contribution in [0.15, 0.2) is 54.6 Å². The summed E-state index contributed by atoms with van der Waals surface area (Å²) in [4.78, 5) is 26.6. The van der Waals surface area contributed by atoms with Crippen molar-refractivity contribution in [1.29, 1.82) is 0 Å². The molecule has 7 heteroatoms. The van der Waals surface area contributed by atoms with Gasteiger partial charge in [-0.25, -0.2) is 9.07 Å². The van der Waals surface area contributed by atoms with Crippen molar-refractivity contribution in [3.05, 3.63) is 71.7 Å². The van der Waals surface area contributed by atoms with Gasteiger partial charge in [-0.05, 0) is 38.1 Å². The lowest BCUT2D eigenvalue weighted by atomic mass is 10.1. The van der Waals surface area contributed by atoms with Crippen LogP contribution < -0.4 is 10.2 Å². The highest BCUT2D eigenvalue weighted by Gasteiger charge is 2.36. The van der Waals surface area contributed by atoms with E-state index in [1.807, 2.05) is 38.1 Å². The SMILES string of the molecule is Cc1ccc(-n2nc(C)cc2NC(=O)[C@H]2CC(=O)N(c3ccccc3F)C2)cc1. The standard InChI is InChI=1S/C22H21FN4O2/c1-14-7-9-17(10-8-14)27-20(11-15(2)25-27)24-22(29)16-12-21(28)26(13-16)19-6-4-3-5-18(19)23/h3-11,16H,12-13H2,1-2H3,(H,24,29)/t16-/m0/s1. The van der Waals surface area contributed by atoms with Crippen molar-refractivity contribution < 1.29 is 14.0 Å². The number of aryl methyl sites for hydroxylation is 2. The lowest BCUT2D eigenvalue weighted by molar-refractivity contribution is -0.122. The van der Waals surface area contributed by atoms with E-state index in [2.05, 4.69) is 10.4 Å². The van der Waals surface area contributed by atoms with Gasteiger partial charge < -0.3 is 10.2 Å². The van der Waals surface area contributed by atoms with E-state index in [1.165, 1.54) is 11.0 Å². The van der Waals surface area contributed by atoms with Gasteiger partial charge in [0.25, 0.3) is 0 Å². The maximum absolute atomic E-state index is 14.1. The van der Waals surface area contributed by atoms with Crippen molar-refractivity contribution in [3.63, 3.8) is 0 Å². The Morgan fingerprint density at radius 2 is 1.86 bits per heavy atom. The molecule has 1 aliphatic heterocycles. The number of benzene rings is 2. The van der Waals surface area contributed by atoms with Crippen LogP contribution in [0.1, 0.15) is 17.7 Å². The molecule has 2 aromatic carbocycles. The van der Waals surface area contributed by atoms with Gasteiger partial charge in [0.2, 0.25) is 11.8 Å². The molecule has 1 aromatic heterocycles. The summed E-state index contributed by atoms with van der Waals surface area (Å²) in [6, 6.07) is 15.7. The van der Waals surface area contributed by atoms with Crippen molar-refractivity contribution in [3.8, 4) is 5.69 Å². The zero-order valence-corrected chi connectivity index (χ0v) is 16.2. The molecule has 3 aromatic rings. The largest absolute Gasteiger partial charge is 0.310 e. The number of carbonyl (C=O) groups excluding carboxylic acids is 2. The maximum Gasteiger partial charge on any atom is 0.230 e. The van der Waals surface area contributed by atoms with Gasteiger partial charge in [-0.3, -0.25) is 9.59 Å². The highest BCUT2D eigenvalue weighted by Crippen LogP contribution is 2.28. The van der Waals surface area contributed by atoms with Gasteiger partial charge in [0.15, 0.2) is 0 Å². The Labute approximate surface area is 167 Å². The van der Waals surface area contributed by atoms with Gasteiger partial charge in [-0.2, -0.15) is 5.10 Å². The van der Waals surface area contributed by atoms with Gasteiger partial charge in [0.1, 0.15) is 11.6 Å². The Morgan fingerprint density at radius 3 is 2.59 bits per heavy atom. The second-order valence-corrected chi connectivity index (χ2v) is 7.26. The second kappa shape index (κ2) is 7.50. The predicted octanol–water partition coefficient (Wildman–Crippen LogP) is 3.62. The number of anilines is 2. The Morgan fingerprint density at radius 1 is 1.14 bits per heavy atom. The van der Waals surface area contributed by atoms with Crippen molar-refractivity contribution in [2.75, 3.05) is 16.8 Å². The smallest absolute Gasteiger partial charge is 0.230 e. The van der Waals surface area contributed by atoms with E-state index >= 15 is 0 Å². The van der Waals surface area contributed by atoms with Gasteiger partial charge in [0, 0.05) is 19.0 Å². The molecule has 0 bridgehead atoms. The highest BCUT2D eigenvalue weighted by molar-refractivity contribution is 6.03. The number of aromatic nitrogens is 2. The van der Waals surface area contributed by atoms with Crippen LogP contribution in [0, 0.1) is 25.6 Å². The summed E-state index contributed by atoms with van der Waals surface area (Å²) in [5.41, 5.74) is 2.92. The Kier molecular flexibility index (Phi) is 4.88. The molecule has 0 spiro atoms. The molecule has 2 heterocycles. The Balaban J connectivity index is 1.53. The summed E-state index contributed by atoms with van der Waals surface area (Å²) in [7, 11) is 0. The van der Waals surface area contributed by atoms with Crippen LogP contribution >= 0.6 is 0 Å². The number of amides is 2. The predicted molar refractivity (Wildman–Crippen MR) is 109 cm³/mol. The number of nitrogens with one attached hydrogen (secondary N) is 1. The fourth-order valence-corrected chi connectivity index (χ4v) is 3.49. The van der Waals surface area contributed by atoms with Gasteiger partial charge in [-0.15, -0.1) is 0 Å². The minimum Gasteiger partial charge on any atom is -0.310 e. The van der Waals surface area contributed by atoms with Crippen LogP contribution in [0.4, 0.5) is 15.9 Å². The van der Waals surface area contributed by atoms with Gasteiger partial charge in [0.05, 0.1) is 23.0 Å². The van der Waals surface area contributed by atoms with Crippen molar-refractivity contribution in [2.24, 2.45) is 5.92 Å². The molecule has 0 radical (unpaired) electrons. The number of hydrogen-bond acceptors (Lipinski definition) is 3. The zero-order valence-electron chi connectivity index (χ0n) is 16.2. The molecule has 1 aliphatic rings. The molecule has 1 fully saturated rings. The van der Waals surface area contributed by atoms with Crippen LogP contribution in [0.3, 0.4) is 0 Å². The topological polar surface area (TPSA) is 67.2 Å². The molecule has 2 amide bonds. The lowest BCUT2D eigenvalue weighted by Gasteiger charge is -2.17. The first-order chi connectivity index (χ1) is 13.9. The summed E-state index contributed by atoms with van der Waals surface area (Å²) in [5, 5.41) is 7.34. The van der Waals surface area contributed by atoms with E-state index in [9.17, 15) is 14.0 Å². The molecule has 0 unspecified atom stereocenters. The number of para-hydroxylation sites is 1. The van der Waals surface area contributed by atoms with E-state index in [4.69, 9.17) is 0 Å². The quantitative estimate of drug-likeness (QED) is 0.737. The monoisotopic (exact) mass is 392 g/mol. The summed E-state index contributed by atoms with van der Waals surface area (Å²) in [6.07, 6.45) is 0.0395. The molecule has 1 saturated heterocycles. The minimum absolute atomic E-state index is 0.0395. The number of nitrogens with zero attached hydrogens (tertiary/aromatic N) is 3. The fourth-order valence-electron chi connectivity index (χ4n) is 3.49. The van der Waals surface area contributed by atoms with E-state index in [-0.39, 0.29) is 30.5 Å². The molecular formula is C22H21FN4O2. The number of hydrogen-bond donors (Lipinski definition) is 1. The first-order valence-corrected chi connectivity index (χ1v) is 9.42. The van der Waals surface area contributed by atoms with Crippen molar-refractivity contribution >= 4 is 23.3 Å². The van der Waals surface area contributed by atoms with Gasteiger partial charge >= 0.3 is 0 Å². The number of halogens is 1. The molecule has 0 saturated carbocycles. The molecule has 148 valence electrons. The van der Waals surface area contributed by atoms with E-state index in [1.54, 1.807) is 28.9 Å². The first-order valence-electron chi connectivity index (χ1n) is 9.42. The third-order valence-corrected chi connectivity index (χ3v) is 5.00. The van der Waals surface area contributed by atoms with E-state index < -0.39 is 11.7 Å². The average Bonchev–Trinajstić information content (AvgIpc) is 3.25. The molecule has 4 rings (SSSR count). The van der Waals surface area contributed by atoms with Crippen LogP contribution in [0.5, 0.6) is 0 Å². The van der Waals surface area contributed by atoms with Crippen LogP contribution in [-0.2, 0) is 9.59 Å². The number of carbonyl (C=O) groups is 2. The zero-order chi connectivity index (χ0) is 20.5. The van der Waals surface area contributed by atoms with Crippen LogP contribution in [-0.4, -0.2) is 28.1 Å². The molecular weight excluding hydrogens is 371 g/mol. The molecule has 29 heavy (non-hydrogen) atoms. The summed E-state index contributed by atoms with van der Waals surface area (Å²) in [6.45, 7) is 3.99. The van der Waals surface area contributed by atoms with Gasteiger partial charge in [-0.1, -0.05) is 29.8 Å². The normalized spacial score (nSPS) is 16.3. The average molecular weight is 392 g/mol. The maximum atomic E-state index is 14.1. The van der Waals surface area contributed by atoms with E-state index in [0.29, 0.717) is 5.82 Å². The van der Waals surface area contributed by atoms with E-state index in [0.717, 1.165) is 16.9 Å². The summed E-state index contributed by atoms with van der Waals surface area (Å²) >= 11 is 0. The Bertz CT molecular complexity index is 1070. The minimum atomic E-state index is -0.566. The van der Waals surface area contributed by atoms with Crippen molar-refractivity contribution in [1.82, 2.24) is 9.78 Å². The highest BCUT2D eigenvalue weighted by atomic mass is 19.1. The van der Waals surface area contributed by atoms with Crippen molar-refractivity contribution in [2.45, 2.75) is 20.3 Å². The molecule has 1 atom stereocenters. The lowest BCUT2D eigenvalue weighted by Crippen LogP contribution is -2.29. The first kappa shape index (κ1) is 18.9. The molecule has 0 aliphatic carbocycles. The third-order valence-electron chi connectivity index (χ3n) is 5.00. The number of rotatable bonds is 4. The summed E-state index contributed by atoms with van der Waals surface area (Å²) in [5.74, 6) is -1.06. The van der Waals surface area contributed by atoms with Crippen LogP contribution in [0.25, 0.3) is 5.69 Å². The molecule has 6 nitrogen and oxygen atoms in total. The fraction of sp³-hybridized carbons (Fsp3) is 0.227. The Hall–Kier alpha value is -3.48.